The number of aryl methyl sites for hydroxylation is 6. The van der Waals surface area contributed by atoms with E-state index in [1.165, 1.54) is 53.9 Å². The van der Waals surface area contributed by atoms with E-state index < -0.39 is 0 Å². The van der Waals surface area contributed by atoms with Crippen LogP contribution in [0.25, 0.3) is 0 Å². The second kappa shape index (κ2) is 9.73. The lowest BCUT2D eigenvalue weighted by Gasteiger charge is -2.42. The molecule has 0 N–H and O–H groups in total. The zero-order valence-electron chi connectivity index (χ0n) is 25.1. The Bertz CT molecular complexity index is 1210. The quantitative estimate of drug-likeness (QED) is 0.428. The fourth-order valence-electron chi connectivity index (χ4n) is 6.28. The number of hydrogen-bond acceptors (Lipinski definition) is 3. The molecule has 1 aliphatic rings. The molecule has 2 nitrogen and oxygen atoms in total. The Morgan fingerprint density at radius 2 is 1.00 bits per heavy atom. The van der Waals surface area contributed by atoms with Crippen molar-refractivity contribution in [2.45, 2.75) is 94.2 Å². The Balaban J connectivity index is 1.92. The molecule has 0 spiro atoms. The van der Waals surface area contributed by atoms with Gasteiger partial charge in [0.2, 0.25) is 0 Å². The van der Waals surface area contributed by atoms with Crippen LogP contribution in [0.2, 0.25) is 0 Å². The van der Waals surface area contributed by atoms with Gasteiger partial charge in [-0.2, -0.15) is 11.3 Å². The third kappa shape index (κ3) is 5.30. The summed E-state index contributed by atoms with van der Waals surface area (Å²) in [7, 11) is 0. The van der Waals surface area contributed by atoms with Crippen LogP contribution in [0.5, 0.6) is 0 Å². The molecule has 0 amide bonds. The summed E-state index contributed by atoms with van der Waals surface area (Å²) in [6.45, 7) is 27.9. The summed E-state index contributed by atoms with van der Waals surface area (Å²) >= 11 is 1.99. The first-order valence-electron chi connectivity index (χ1n) is 13.6. The van der Waals surface area contributed by atoms with Gasteiger partial charge in [-0.3, -0.25) is 0 Å². The second-order valence-corrected chi connectivity index (χ2v) is 14.3. The van der Waals surface area contributed by atoms with Gasteiger partial charge in [0, 0.05) is 28.3 Å². The minimum Gasteiger partial charge on any atom is -0.392 e. The average Bonchev–Trinajstić information content (AvgIpc) is 3.38. The molecule has 3 aromatic rings. The monoisotopic (exact) mass is 510 g/mol. The summed E-state index contributed by atoms with van der Waals surface area (Å²) in [5, 5.41) is 0. The molecule has 2 heterocycles. The molecule has 0 aliphatic carbocycles. The Labute approximate surface area is 231 Å². The van der Waals surface area contributed by atoms with E-state index in [0.717, 1.165) is 0 Å². The first-order chi connectivity index (χ1) is 17.1. The predicted octanol–water partition coefficient (Wildman–Crippen LogP) is 5.50. The van der Waals surface area contributed by atoms with E-state index >= 15 is 0 Å². The molecule has 194 valence electrons. The van der Waals surface area contributed by atoms with Gasteiger partial charge in [0.05, 0.1) is 0 Å². The van der Waals surface area contributed by atoms with Crippen molar-refractivity contribution >= 4 is 45.5 Å². The van der Waals surface area contributed by atoms with Crippen LogP contribution in [0.3, 0.4) is 0 Å². The van der Waals surface area contributed by atoms with Crippen molar-refractivity contribution < 1.29 is 0 Å². The van der Waals surface area contributed by atoms with E-state index in [1.54, 1.807) is 0 Å². The molecule has 2 aromatic carbocycles. The Morgan fingerprint density at radius 3 is 1.35 bits per heavy atom. The van der Waals surface area contributed by atoms with E-state index in [4.69, 9.17) is 0 Å². The minimum atomic E-state index is 0.0268. The number of thiophene rings is 1. The standard InChI is InChI=1S/C32H44B2N2S/c1-21-17-23(3)29(24(4)18-21)33(30-25(5)19-22(2)20-26(30)6)27-13-14-28(37-27)34-35(31(7,8)9)15-16-36(34)32(10,11)12/h13-20H,1-12H3. The molecule has 0 atom stereocenters. The van der Waals surface area contributed by atoms with Crippen molar-refractivity contribution in [1.82, 2.24) is 9.62 Å². The van der Waals surface area contributed by atoms with Gasteiger partial charge in [0.1, 0.15) is 0 Å². The summed E-state index contributed by atoms with van der Waals surface area (Å²) < 4.78 is 2.83. The van der Waals surface area contributed by atoms with Crippen LogP contribution in [0.15, 0.2) is 48.8 Å². The van der Waals surface area contributed by atoms with Crippen molar-refractivity contribution in [2.75, 3.05) is 0 Å². The van der Waals surface area contributed by atoms with Gasteiger partial charge < -0.3 is 9.62 Å². The van der Waals surface area contributed by atoms with Crippen LogP contribution in [0, 0.1) is 41.5 Å². The molecule has 37 heavy (non-hydrogen) atoms. The summed E-state index contributed by atoms with van der Waals surface area (Å²) in [6, 6.07) is 14.2. The Hall–Kier alpha value is -2.39. The number of hydrogen-bond donors (Lipinski definition) is 0. The highest BCUT2D eigenvalue weighted by Crippen LogP contribution is 2.29. The highest BCUT2D eigenvalue weighted by atomic mass is 32.1. The maximum atomic E-state index is 2.52. The third-order valence-electron chi connectivity index (χ3n) is 7.70. The largest absolute Gasteiger partial charge is 0.421 e. The molecule has 0 bridgehead atoms. The van der Waals surface area contributed by atoms with Crippen LogP contribution in [0.4, 0.5) is 0 Å². The topological polar surface area (TPSA) is 6.48 Å². The molecule has 1 aliphatic heterocycles. The van der Waals surface area contributed by atoms with E-state index in [0.29, 0.717) is 0 Å². The summed E-state index contributed by atoms with van der Waals surface area (Å²) in [5.41, 5.74) is 11.2. The lowest BCUT2D eigenvalue weighted by molar-refractivity contribution is 0.286. The SMILES string of the molecule is Cc1cc(C)c(B(c2ccc(B3N(C(C)(C)C)C=CN3C(C)(C)C)s2)c2c(C)cc(C)cc2C)c(C)c1. The zero-order chi connectivity index (χ0) is 27.4. The van der Waals surface area contributed by atoms with E-state index in [9.17, 15) is 0 Å². The number of benzene rings is 2. The van der Waals surface area contributed by atoms with Gasteiger partial charge in [-0.1, -0.05) is 80.7 Å². The van der Waals surface area contributed by atoms with Gasteiger partial charge in [-0.05, 0) is 87.9 Å². The maximum Gasteiger partial charge on any atom is 0.421 e. The average molecular weight is 510 g/mol. The van der Waals surface area contributed by atoms with Crippen LogP contribution in [0.1, 0.15) is 74.9 Å². The van der Waals surface area contributed by atoms with Crippen molar-refractivity contribution in [3.63, 3.8) is 0 Å². The van der Waals surface area contributed by atoms with E-state index in [-0.39, 0.29) is 24.8 Å². The molecule has 0 radical (unpaired) electrons. The smallest absolute Gasteiger partial charge is 0.392 e. The predicted molar refractivity (Wildman–Crippen MR) is 168 cm³/mol. The van der Waals surface area contributed by atoms with E-state index in [1.807, 2.05) is 11.3 Å². The second-order valence-electron chi connectivity index (χ2n) is 13.1. The Morgan fingerprint density at radius 1 is 0.622 bits per heavy atom. The number of nitrogens with zero attached hydrogens (tertiary/aromatic N) is 2. The summed E-state index contributed by atoms with van der Waals surface area (Å²) in [4.78, 5) is 5.04. The fraction of sp³-hybridized carbons (Fsp3) is 0.438. The van der Waals surface area contributed by atoms with Crippen LogP contribution >= 0.6 is 11.3 Å². The highest BCUT2D eigenvalue weighted by molar-refractivity contribution is 7.34. The molecule has 0 unspecified atom stereocenters. The summed E-state index contributed by atoms with van der Waals surface area (Å²) in [6.07, 6.45) is 4.57. The third-order valence-corrected chi connectivity index (χ3v) is 8.89. The molecule has 4 rings (SSSR count). The molecule has 0 saturated heterocycles. The summed E-state index contributed by atoms with van der Waals surface area (Å²) in [5.74, 6) is 0. The lowest BCUT2D eigenvalue weighted by Crippen LogP contribution is -2.61. The molecule has 1 aromatic heterocycles. The first kappa shape index (κ1) is 27.6. The normalized spacial score (nSPS) is 14.2. The van der Waals surface area contributed by atoms with Crippen LogP contribution in [-0.2, 0) is 0 Å². The minimum absolute atomic E-state index is 0.0268. The molecular formula is C32H44B2N2S. The van der Waals surface area contributed by atoms with Gasteiger partial charge in [0.25, 0.3) is 6.71 Å². The van der Waals surface area contributed by atoms with Crippen molar-refractivity contribution in [3.05, 3.63) is 82.2 Å². The molecular weight excluding hydrogens is 466 g/mol. The van der Waals surface area contributed by atoms with Gasteiger partial charge in [-0.15, -0.1) is 0 Å². The fourth-order valence-corrected chi connectivity index (χ4v) is 7.51. The molecule has 0 saturated carbocycles. The van der Waals surface area contributed by atoms with Gasteiger partial charge in [-0.25, -0.2) is 0 Å². The van der Waals surface area contributed by atoms with Crippen molar-refractivity contribution in [3.8, 4) is 0 Å². The molecule has 5 heteroatoms. The zero-order valence-corrected chi connectivity index (χ0v) is 25.9. The highest BCUT2D eigenvalue weighted by Gasteiger charge is 2.44. The van der Waals surface area contributed by atoms with Gasteiger partial charge >= 0.3 is 6.98 Å². The maximum absolute atomic E-state index is 2.52. The number of rotatable bonds is 4. The Kier molecular flexibility index (Phi) is 7.27. The first-order valence-corrected chi connectivity index (χ1v) is 14.4. The van der Waals surface area contributed by atoms with Crippen LogP contribution in [-0.4, -0.2) is 34.4 Å². The molecule has 0 fully saturated rings. The van der Waals surface area contributed by atoms with Crippen LogP contribution < -0.4 is 20.5 Å². The van der Waals surface area contributed by atoms with E-state index in [2.05, 4.69) is 142 Å². The lowest BCUT2D eigenvalue weighted by atomic mass is 9.37. The van der Waals surface area contributed by atoms with Crippen molar-refractivity contribution in [1.29, 1.82) is 0 Å². The van der Waals surface area contributed by atoms with Crippen molar-refractivity contribution in [2.24, 2.45) is 0 Å². The van der Waals surface area contributed by atoms with Gasteiger partial charge in [0.15, 0.2) is 0 Å².